The van der Waals surface area contributed by atoms with E-state index >= 15 is 0 Å². The standard InChI is InChI=1S/C20H20BrN3O/c1-13-7-6-8-16(11-13)12-24-15(3)19(14(2)23-24)22-20(25)17-9-4-5-10-18(17)21/h4-11H,12H2,1-3H3,(H,22,25). The number of aryl methyl sites for hydroxylation is 2. The quantitative estimate of drug-likeness (QED) is 0.682. The van der Waals surface area contributed by atoms with Gasteiger partial charge in [-0.1, -0.05) is 42.0 Å². The Bertz CT molecular complexity index is 930. The zero-order valence-corrected chi connectivity index (χ0v) is 16.1. The molecule has 0 saturated carbocycles. The molecule has 25 heavy (non-hydrogen) atoms. The summed E-state index contributed by atoms with van der Waals surface area (Å²) >= 11 is 3.42. The molecule has 0 aliphatic rings. The molecule has 5 heteroatoms. The molecule has 0 unspecified atom stereocenters. The number of anilines is 1. The average Bonchev–Trinajstić information content (AvgIpc) is 2.83. The molecule has 0 saturated heterocycles. The molecule has 1 N–H and O–H groups in total. The van der Waals surface area contributed by atoms with Crippen LogP contribution in [0.15, 0.2) is 53.0 Å². The molecule has 0 radical (unpaired) electrons. The number of hydrogen-bond donors (Lipinski definition) is 1. The van der Waals surface area contributed by atoms with Crippen LogP contribution in [0, 0.1) is 20.8 Å². The van der Waals surface area contributed by atoms with E-state index in [1.54, 1.807) is 6.07 Å². The molecular formula is C20H20BrN3O. The van der Waals surface area contributed by atoms with Crippen LogP contribution in [0.3, 0.4) is 0 Å². The van der Waals surface area contributed by atoms with E-state index in [-0.39, 0.29) is 5.91 Å². The first kappa shape index (κ1) is 17.4. The second-order valence-corrected chi connectivity index (χ2v) is 6.98. The van der Waals surface area contributed by atoms with Crippen molar-refractivity contribution in [1.29, 1.82) is 0 Å². The maximum absolute atomic E-state index is 12.6. The number of nitrogens with one attached hydrogen (secondary N) is 1. The Morgan fingerprint density at radius 3 is 2.60 bits per heavy atom. The van der Waals surface area contributed by atoms with Gasteiger partial charge in [0, 0.05) is 4.47 Å². The zero-order valence-electron chi connectivity index (χ0n) is 14.5. The number of halogens is 1. The van der Waals surface area contributed by atoms with Crippen LogP contribution in [0.4, 0.5) is 5.69 Å². The first-order valence-electron chi connectivity index (χ1n) is 8.11. The van der Waals surface area contributed by atoms with Gasteiger partial charge in [-0.15, -0.1) is 0 Å². The number of aromatic nitrogens is 2. The fourth-order valence-corrected chi connectivity index (χ4v) is 3.31. The minimum Gasteiger partial charge on any atom is -0.319 e. The van der Waals surface area contributed by atoms with Crippen LogP contribution in [-0.4, -0.2) is 15.7 Å². The second-order valence-electron chi connectivity index (χ2n) is 6.13. The average molecular weight is 398 g/mol. The highest BCUT2D eigenvalue weighted by atomic mass is 79.9. The number of amides is 1. The molecular weight excluding hydrogens is 378 g/mol. The van der Waals surface area contributed by atoms with E-state index < -0.39 is 0 Å². The Morgan fingerprint density at radius 2 is 1.88 bits per heavy atom. The molecule has 128 valence electrons. The maximum atomic E-state index is 12.6. The first-order chi connectivity index (χ1) is 12.0. The number of nitrogens with zero attached hydrogens (tertiary/aromatic N) is 2. The van der Waals surface area contributed by atoms with Gasteiger partial charge in [0.25, 0.3) is 5.91 Å². The molecule has 2 aromatic carbocycles. The van der Waals surface area contributed by atoms with Gasteiger partial charge in [-0.3, -0.25) is 9.48 Å². The Kier molecular flexibility index (Phi) is 5.04. The Hall–Kier alpha value is -2.40. The van der Waals surface area contributed by atoms with Crippen molar-refractivity contribution in [2.75, 3.05) is 5.32 Å². The predicted molar refractivity (Wildman–Crippen MR) is 104 cm³/mol. The van der Waals surface area contributed by atoms with Crippen LogP contribution < -0.4 is 5.32 Å². The lowest BCUT2D eigenvalue weighted by Gasteiger charge is -2.09. The van der Waals surface area contributed by atoms with Crippen molar-refractivity contribution >= 4 is 27.5 Å². The van der Waals surface area contributed by atoms with Gasteiger partial charge >= 0.3 is 0 Å². The van der Waals surface area contributed by atoms with Crippen molar-refractivity contribution in [1.82, 2.24) is 9.78 Å². The van der Waals surface area contributed by atoms with Crippen molar-refractivity contribution in [3.63, 3.8) is 0 Å². The van der Waals surface area contributed by atoms with E-state index in [0.29, 0.717) is 12.1 Å². The van der Waals surface area contributed by atoms with Crippen LogP contribution in [0.2, 0.25) is 0 Å². The molecule has 0 atom stereocenters. The Morgan fingerprint density at radius 1 is 1.12 bits per heavy atom. The largest absolute Gasteiger partial charge is 0.319 e. The lowest BCUT2D eigenvalue weighted by molar-refractivity contribution is 0.102. The molecule has 1 heterocycles. The Labute approximate surface area is 156 Å². The molecule has 0 aliphatic carbocycles. The van der Waals surface area contributed by atoms with E-state index in [9.17, 15) is 4.79 Å². The van der Waals surface area contributed by atoms with Crippen LogP contribution in [0.25, 0.3) is 0 Å². The third-order valence-corrected chi connectivity index (χ3v) is 4.84. The highest BCUT2D eigenvalue weighted by Gasteiger charge is 2.16. The molecule has 3 aromatic rings. The molecule has 1 amide bonds. The third kappa shape index (κ3) is 3.82. The Balaban J connectivity index is 1.85. The van der Waals surface area contributed by atoms with Gasteiger partial charge in [0.1, 0.15) is 0 Å². The van der Waals surface area contributed by atoms with E-state index in [0.717, 1.165) is 21.5 Å². The van der Waals surface area contributed by atoms with Gasteiger partial charge in [0.05, 0.1) is 29.2 Å². The second kappa shape index (κ2) is 7.23. The fourth-order valence-electron chi connectivity index (χ4n) is 2.84. The van der Waals surface area contributed by atoms with Crippen molar-refractivity contribution in [2.45, 2.75) is 27.3 Å². The summed E-state index contributed by atoms with van der Waals surface area (Å²) in [4.78, 5) is 12.6. The van der Waals surface area contributed by atoms with E-state index in [1.165, 1.54) is 11.1 Å². The zero-order chi connectivity index (χ0) is 18.0. The van der Waals surface area contributed by atoms with Crippen molar-refractivity contribution < 1.29 is 4.79 Å². The van der Waals surface area contributed by atoms with Gasteiger partial charge in [0.2, 0.25) is 0 Å². The fraction of sp³-hybridized carbons (Fsp3) is 0.200. The van der Waals surface area contributed by atoms with Crippen molar-refractivity contribution in [2.24, 2.45) is 0 Å². The normalized spacial score (nSPS) is 10.7. The van der Waals surface area contributed by atoms with Crippen LogP contribution >= 0.6 is 15.9 Å². The lowest BCUT2D eigenvalue weighted by atomic mass is 10.1. The molecule has 0 fully saturated rings. The number of carbonyl (C=O) groups is 1. The highest BCUT2D eigenvalue weighted by molar-refractivity contribution is 9.10. The van der Waals surface area contributed by atoms with Gasteiger partial charge < -0.3 is 5.32 Å². The number of benzene rings is 2. The molecule has 4 nitrogen and oxygen atoms in total. The van der Waals surface area contributed by atoms with Crippen LogP contribution in [-0.2, 0) is 6.54 Å². The lowest BCUT2D eigenvalue weighted by Crippen LogP contribution is -2.14. The van der Waals surface area contributed by atoms with Gasteiger partial charge in [0.15, 0.2) is 0 Å². The molecule has 3 rings (SSSR count). The molecule has 0 bridgehead atoms. The summed E-state index contributed by atoms with van der Waals surface area (Å²) in [5.74, 6) is -0.145. The summed E-state index contributed by atoms with van der Waals surface area (Å²) < 4.78 is 2.70. The molecule has 0 aliphatic heterocycles. The monoisotopic (exact) mass is 397 g/mol. The third-order valence-electron chi connectivity index (χ3n) is 4.15. The minimum absolute atomic E-state index is 0.145. The summed E-state index contributed by atoms with van der Waals surface area (Å²) in [7, 11) is 0. The van der Waals surface area contributed by atoms with E-state index in [1.807, 2.05) is 42.8 Å². The van der Waals surface area contributed by atoms with Gasteiger partial charge in [-0.2, -0.15) is 5.10 Å². The molecule has 1 aromatic heterocycles. The topological polar surface area (TPSA) is 46.9 Å². The van der Waals surface area contributed by atoms with Crippen molar-refractivity contribution in [3.8, 4) is 0 Å². The first-order valence-corrected chi connectivity index (χ1v) is 8.90. The predicted octanol–water partition coefficient (Wildman–Crippen LogP) is 4.87. The molecule has 0 spiro atoms. The van der Waals surface area contributed by atoms with Crippen LogP contribution in [0.1, 0.15) is 32.9 Å². The number of carbonyl (C=O) groups excluding carboxylic acids is 1. The van der Waals surface area contributed by atoms with E-state index in [2.05, 4.69) is 51.5 Å². The van der Waals surface area contributed by atoms with Gasteiger partial charge in [-0.25, -0.2) is 0 Å². The summed E-state index contributed by atoms with van der Waals surface area (Å²) in [5.41, 5.74) is 5.54. The minimum atomic E-state index is -0.145. The summed E-state index contributed by atoms with van der Waals surface area (Å²) in [5, 5.41) is 7.60. The van der Waals surface area contributed by atoms with Crippen LogP contribution in [0.5, 0.6) is 0 Å². The summed E-state index contributed by atoms with van der Waals surface area (Å²) in [6.07, 6.45) is 0. The maximum Gasteiger partial charge on any atom is 0.256 e. The number of hydrogen-bond acceptors (Lipinski definition) is 2. The summed E-state index contributed by atoms with van der Waals surface area (Å²) in [6, 6.07) is 15.7. The van der Waals surface area contributed by atoms with Crippen molar-refractivity contribution in [3.05, 3.63) is 81.1 Å². The van der Waals surface area contributed by atoms with E-state index in [4.69, 9.17) is 0 Å². The SMILES string of the molecule is Cc1cccc(Cn2nc(C)c(NC(=O)c3ccccc3Br)c2C)c1. The highest BCUT2D eigenvalue weighted by Crippen LogP contribution is 2.23. The smallest absolute Gasteiger partial charge is 0.256 e. The van der Waals surface area contributed by atoms with Gasteiger partial charge in [-0.05, 0) is 54.4 Å². The summed E-state index contributed by atoms with van der Waals surface area (Å²) in [6.45, 7) is 6.65. The number of rotatable bonds is 4.